The quantitative estimate of drug-likeness (QED) is 0.689. The second-order valence-electron chi connectivity index (χ2n) is 4.96. The van der Waals surface area contributed by atoms with E-state index in [-0.39, 0.29) is 11.4 Å². The van der Waals surface area contributed by atoms with Crippen molar-refractivity contribution >= 4 is 17.8 Å². The fourth-order valence-corrected chi connectivity index (χ4v) is 2.18. The Morgan fingerprint density at radius 1 is 1.14 bits per heavy atom. The molecule has 0 aliphatic carbocycles. The van der Waals surface area contributed by atoms with Gasteiger partial charge in [0.1, 0.15) is 11.6 Å². The van der Waals surface area contributed by atoms with Crippen LogP contribution in [0.1, 0.15) is 21.5 Å². The van der Waals surface area contributed by atoms with Crippen molar-refractivity contribution in [2.75, 3.05) is 12.4 Å². The lowest BCUT2D eigenvalue weighted by atomic mass is 10.0. The van der Waals surface area contributed by atoms with Gasteiger partial charge in [-0.3, -0.25) is 10.1 Å². The molecule has 7 heteroatoms. The lowest BCUT2D eigenvalue weighted by Gasteiger charge is -2.10. The highest BCUT2D eigenvalue weighted by Crippen LogP contribution is 2.34. The van der Waals surface area contributed by atoms with E-state index in [4.69, 9.17) is 16.2 Å². The Hall–Kier alpha value is -2.96. The number of rotatable bonds is 4. The first-order valence-corrected chi connectivity index (χ1v) is 6.58. The summed E-state index contributed by atoms with van der Waals surface area (Å²) in [6, 6.07) is 4.60. The van der Waals surface area contributed by atoms with Crippen molar-refractivity contribution in [2.24, 2.45) is 11.5 Å². The Balaban J connectivity index is 2.60. The van der Waals surface area contributed by atoms with Gasteiger partial charge in [-0.1, -0.05) is 0 Å². The molecule has 0 radical (unpaired) electrons. The number of urea groups is 1. The van der Waals surface area contributed by atoms with Gasteiger partial charge in [0.2, 0.25) is 0 Å². The van der Waals surface area contributed by atoms with Crippen LogP contribution in [-0.2, 0) is 0 Å². The van der Waals surface area contributed by atoms with Crippen molar-refractivity contribution in [3.63, 3.8) is 0 Å². The summed E-state index contributed by atoms with van der Waals surface area (Å²) in [5, 5.41) is 2.35. The summed E-state index contributed by atoms with van der Waals surface area (Å²) in [6.45, 7) is 3.95. The second-order valence-corrected chi connectivity index (χ2v) is 4.96. The molecule has 1 aromatic carbocycles. The van der Waals surface area contributed by atoms with E-state index in [1.54, 1.807) is 13.2 Å². The standard InChI is InChI=1S/C15H18N4O3/c1-7-4-9(12(22-3)5-8(7)2)11-6-10(13(16)20)14(18-11)19-15(17)21/h4-6,18H,1-3H3,(H2,16,20)(H3,17,19,21). The van der Waals surface area contributed by atoms with Gasteiger partial charge in [0.25, 0.3) is 5.91 Å². The van der Waals surface area contributed by atoms with Crippen molar-refractivity contribution in [2.45, 2.75) is 13.8 Å². The number of benzene rings is 1. The summed E-state index contributed by atoms with van der Waals surface area (Å²) in [6.07, 6.45) is 0. The van der Waals surface area contributed by atoms with E-state index in [9.17, 15) is 9.59 Å². The molecule has 7 nitrogen and oxygen atoms in total. The average molecular weight is 302 g/mol. The van der Waals surface area contributed by atoms with Gasteiger partial charge in [-0.25, -0.2) is 4.79 Å². The van der Waals surface area contributed by atoms with Crippen LogP contribution in [0, 0.1) is 13.8 Å². The van der Waals surface area contributed by atoms with Crippen molar-refractivity contribution in [3.8, 4) is 17.0 Å². The number of methoxy groups -OCH3 is 1. The van der Waals surface area contributed by atoms with Crippen LogP contribution in [-0.4, -0.2) is 24.0 Å². The van der Waals surface area contributed by atoms with Crippen LogP contribution in [0.3, 0.4) is 0 Å². The van der Waals surface area contributed by atoms with Gasteiger partial charge in [-0.2, -0.15) is 0 Å². The van der Waals surface area contributed by atoms with E-state index in [2.05, 4.69) is 10.3 Å². The molecule has 0 atom stereocenters. The summed E-state index contributed by atoms with van der Waals surface area (Å²) < 4.78 is 5.38. The third-order valence-corrected chi connectivity index (χ3v) is 3.44. The minimum absolute atomic E-state index is 0.147. The SMILES string of the molecule is COc1cc(C)c(C)cc1-c1cc(C(N)=O)c(NC(N)=O)[nH]1. The van der Waals surface area contributed by atoms with E-state index in [0.29, 0.717) is 11.4 Å². The van der Waals surface area contributed by atoms with Crippen LogP contribution in [0.2, 0.25) is 0 Å². The Morgan fingerprint density at radius 2 is 1.77 bits per heavy atom. The van der Waals surface area contributed by atoms with Crippen molar-refractivity contribution in [1.29, 1.82) is 0 Å². The highest BCUT2D eigenvalue weighted by atomic mass is 16.5. The fourth-order valence-electron chi connectivity index (χ4n) is 2.18. The number of aromatic amines is 1. The number of amides is 3. The molecule has 0 saturated heterocycles. The van der Waals surface area contributed by atoms with Gasteiger partial charge in [-0.15, -0.1) is 0 Å². The van der Waals surface area contributed by atoms with Gasteiger partial charge in [0.15, 0.2) is 0 Å². The Morgan fingerprint density at radius 3 is 2.32 bits per heavy atom. The number of nitrogens with two attached hydrogens (primary N) is 2. The monoisotopic (exact) mass is 302 g/mol. The maximum atomic E-state index is 11.5. The third kappa shape index (κ3) is 2.88. The molecule has 0 bridgehead atoms. The summed E-state index contributed by atoms with van der Waals surface area (Å²) in [5.74, 6) is 0.135. The van der Waals surface area contributed by atoms with Crippen LogP contribution in [0.4, 0.5) is 10.6 Å². The van der Waals surface area contributed by atoms with Gasteiger partial charge in [-0.05, 0) is 43.2 Å². The molecular formula is C15H18N4O3. The second kappa shape index (κ2) is 5.80. The highest BCUT2D eigenvalue weighted by Gasteiger charge is 2.17. The Bertz CT molecular complexity index is 749. The molecule has 2 aromatic rings. The van der Waals surface area contributed by atoms with Gasteiger partial charge < -0.3 is 21.2 Å². The lowest BCUT2D eigenvalue weighted by Crippen LogP contribution is -2.22. The molecule has 1 aromatic heterocycles. The zero-order valence-corrected chi connectivity index (χ0v) is 12.6. The summed E-state index contributed by atoms with van der Waals surface area (Å²) in [4.78, 5) is 25.5. The number of carbonyl (C=O) groups is 2. The first-order chi connectivity index (χ1) is 10.3. The number of anilines is 1. The highest BCUT2D eigenvalue weighted by molar-refractivity contribution is 6.03. The molecular weight excluding hydrogens is 284 g/mol. The normalized spacial score (nSPS) is 10.3. The number of nitrogens with one attached hydrogen (secondary N) is 2. The maximum Gasteiger partial charge on any atom is 0.317 e. The van der Waals surface area contributed by atoms with Crippen LogP contribution in [0.15, 0.2) is 18.2 Å². The fraction of sp³-hybridized carbons (Fsp3) is 0.200. The largest absolute Gasteiger partial charge is 0.496 e. The van der Waals surface area contributed by atoms with Crippen molar-refractivity contribution < 1.29 is 14.3 Å². The number of aromatic nitrogens is 1. The van der Waals surface area contributed by atoms with Gasteiger partial charge >= 0.3 is 6.03 Å². The minimum Gasteiger partial charge on any atom is -0.496 e. The maximum absolute atomic E-state index is 11.5. The van der Waals surface area contributed by atoms with E-state index in [0.717, 1.165) is 16.7 Å². The molecule has 0 aliphatic rings. The molecule has 1 heterocycles. The number of carbonyl (C=O) groups excluding carboxylic acids is 2. The van der Waals surface area contributed by atoms with Gasteiger partial charge in [0.05, 0.1) is 18.4 Å². The first kappa shape index (κ1) is 15.4. The van der Waals surface area contributed by atoms with Crippen LogP contribution >= 0.6 is 0 Å². The lowest BCUT2D eigenvalue weighted by molar-refractivity contribution is 0.100. The molecule has 0 saturated carbocycles. The predicted molar refractivity (Wildman–Crippen MR) is 84.0 cm³/mol. The van der Waals surface area contributed by atoms with Crippen LogP contribution < -0.4 is 21.5 Å². The van der Waals surface area contributed by atoms with E-state index >= 15 is 0 Å². The molecule has 116 valence electrons. The summed E-state index contributed by atoms with van der Waals surface area (Å²) >= 11 is 0. The topological polar surface area (TPSA) is 123 Å². The molecule has 0 spiro atoms. The van der Waals surface area contributed by atoms with Crippen molar-refractivity contribution in [1.82, 2.24) is 4.98 Å². The van der Waals surface area contributed by atoms with Crippen molar-refractivity contribution in [3.05, 3.63) is 34.9 Å². The third-order valence-electron chi connectivity index (χ3n) is 3.44. The number of H-pyrrole nitrogens is 1. The molecule has 0 unspecified atom stereocenters. The molecule has 22 heavy (non-hydrogen) atoms. The van der Waals surface area contributed by atoms with Gasteiger partial charge in [0, 0.05) is 5.56 Å². The average Bonchev–Trinajstić information content (AvgIpc) is 2.84. The number of aryl methyl sites for hydroxylation is 2. The zero-order chi connectivity index (χ0) is 16.4. The smallest absolute Gasteiger partial charge is 0.317 e. The van der Waals surface area contributed by atoms with Crippen LogP contribution in [0.25, 0.3) is 11.3 Å². The number of hydrogen-bond donors (Lipinski definition) is 4. The Kier molecular flexibility index (Phi) is 4.07. The van der Waals surface area contributed by atoms with E-state index < -0.39 is 11.9 Å². The number of hydrogen-bond acceptors (Lipinski definition) is 3. The number of primary amides is 2. The summed E-state index contributed by atoms with van der Waals surface area (Å²) in [7, 11) is 1.56. The van der Waals surface area contributed by atoms with Crippen LogP contribution in [0.5, 0.6) is 5.75 Å². The zero-order valence-electron chi connectivity index (χ0n) is 12.6. The molecule has 3 amide bonds. The molecule has 2 rings (SSSR count). The van der Waals surface area contributed by atoms with E-state index in [1.807, 2.05) is 26.0 Å². The minimum atomic E-state index is -0.789. The molecule has 0 fully saturated rings. The predicted octanol–water partition coefficient (Wildman–Crippen LogP) is 1.90. The summed E-state index contributed by atoms with van der Waals surface area (Å²) in [5.41, 5.74) is 14.1. The van der Waals surface area contributed by atoms with E-state index in [1.165, 1.54) is 0 Å². The molecule has 0 aliphatic heterocycles. The Labute approximate surface area is 127 Å². The molecule has 6 N–H and O–H groups in total. The first-order valence-electron chi connectivity index (χ1n) is 6.58. The number of ether oxygens (including phenoxy) is 1.